The van der Waals surface area contributed by atoms with E-state index in [9.17, 15) is 4.79 Å². The normalized spacial score (nSPS) is 15.2. The molecule has 134 valence electrons. The molecule has 0 bridgehead atoms. The van der Waals surface area contributed by atoms with Gasteiger partial charge in [-0.25, -0.2) is 4.98 Å². The van der Waals surface area contributed by atoms with E-state index in [-0.39, 0.29) is 11.8 Å². The second-order valence-corrected chi connectivity index (χ2v) is 8.10. The standard InChI is InChI=1S/C18H19N5OS2/c1-12-11-26-18(19-12)20-17(24)13-6-8-23(9-7-13)16-5-4-14(21-22-16)15-3-2-10-25-15/h2-5,10-11,13H,6-9H2,1H3,(H,19,20,24). The van der Waals surface area contributed by atoms with Crippen molar-refractivity contribution >= 4 is 39.5 Å². The lowest BCUT2D eigenvalue weighted by molar-refractivity contribution is -0.120. The molecule has 4 rings (SSSR count). The molecule has 0 spiro atoms. The van der Waals surface area contributed by atoms with E-state index in [0.717, 1.165) is 48.0 Å². The first kappa shape index (κ1) is 17.1. The van der Waals surface area contributed by atoms with E-state index in [4.69, 9.17) is 0 Å². The van der Waals surface area contributed by atoms with E-state index in [1.165, 1.54) is 11.3 Å². The number of amides is 1. The van der Waals surface area contributed by atoms with Gasteiger partial charge in [0.2, 0.25) is 5.91 Å². The summed E-state index contributed by atoms with van der Waals surface area (Å²) in [7, 11) is 0. The Morgan fingerprint density at radius 3 is 2.65 bits per heavy atom. The van der Waals surface area contributed by atoms with Gasteiger partial charge in [0, 0.05) is 24.4 Å². The van der Waals surface area contributed by atoms with Gasteiger partial charge in [-0.05, 0) is 43.3 Å². The number of aromatic nitrogens is 3. The molecule has 0 unspecified atom stereocenters. The zero-order valence-electron chi connectivity index (χ0n) is 14.4. The zero-order valence-corrected chi connectivity index (χ0v) is 16.0. The molecule has 3 aromatic rings. The fourth-order valence-corrected chi connectivity index (χ4v) is 4.42. The molecule has 0 saturated carbocycles. The Kier molecular flexibility index (Phi) is 4.94. The SMILES string of the molecule is Cc1csc(NC(=O)C2CCN(c3ccc(-c4cccs4)nn3)CC2)n1. The molecule has 26 heavy (non-hydrogen) atoms. The number of hydrogen-bond acceptors (Lipinski definition) is 7. The Hall–Kier alpha value is -2.32. The van der Waals surface area contributed by atoms with Crippen LogP contribution >= 0.6 is 22.7 Å². The molecule has 1 aliphatic rings. The topological polar surface area (TPSA) is 71.0 Å². The third-order valence-electron chi connectivity index (χ3n) is 4.46. The van der Waals surface area contributed by atoms with E-state index in [1.807, 2.05) is 41.9 Å². The average Bonchev–Trinajstić information content (AvgIpc) is 3.34. The van der Waals surface area contributed by atoms with Crippen LogP contribution in [0.1, 0.15) is 18.5 Å². The van der Waals surface area contributed by atoms with E-state index in [1.54, 1.807) is 11.3 Å². The second-order valence-electron chi connectivity index (χ2n) is 6.30. The molecule has 3 aromatic heterocycles. The van der Waals surface area contributed by atoms with Crippen LogP contribution in [0.4, 0.5) is 10.9 Å². The van der Waals surface area contributed by atoms with Crippen LogP contribution in [-0.2, 0) is 4.79 Å². The number of aryl methyl sites for hydroxylation is 1. The van der Waals surface area contributed by atoms with Crippen molar-refractivity contribution in [3.8, 4) is 10.6 Å². The molecule has 1 aliphatic heterocycles. The molecule has 1 N–H and O–H groups in total. The van der Waals surface area contributed by atoms with Crippen molar-refractivity contribution in [1.29, 1.82) is 0 Å². The summed E-state index contributed by atoms with van der Waals surface area (Å²) >= 11 is 3.13. The highest BCUT2D eigenvalue weighted by Crippen LogP contribution is 2.26. The minimum absolute atomic E-state index is 0.0220. The summed E-state index contributed by atoms with van der Waals surface area (Å²) in [5, 5.41) is 16.3. The Morgan fingerprint density at radius 1 is 1.19 bits per heavy atom. The van der Waals surface area contributed by atoms with E-state index in [2.05, 4.69) is 25.4 Å². The van der Waals surface area contributed by atoms with E-state index >= 15 is 0 Å². The summed E-state index contributed by atoms with van der Waals surface area (Å²) in [6.07, 6.45) is 1.62. The van der Waals surface area contributed by atoms with Gasteiger partial charge in [-0.3, -0.25) is 4.79 Å². The zero-order chi connectivity index (χ0) is 17.9. The molecule has 1 fully saturated rings. The van der Waals surface area contributed by atoms with Crippen LogP contribution < -0.4 is 10.2 Å². The fraction of sp³-hybridized carbons (Fsp3) is 0.333. The van der Waals surface area contributed by atoms with E-state index in [0.29, 0.717) is 5.13 Å². The Balaban J connectivity index is 1.33. The number of nitrogens with one attached hydrogen (secondary N) is 1. The third kappa shape index (κ3) is 3.76. The number of rotatable bonds is 4. The summed E-state index contributed by atoms with van der Waals surface area (Å²) in [4.78, 5) is 20.0. The molecular weight excluding hydrogens is 366 g/mol. The highest BCUT2D eigenvalue weighted by atomic mass is 32.1. The van der Waals surface area contributed by atoms with Crippen LogP contribution in [0.2, 0.25) is 0 Å². The van der Waals surface area contributed by atoms with Crippen molar-refractivity contribution in [3.05, 3.63) is 40.7 Å². The average molecular weight is 386 g/mol. The maximum absolute atomic E-state index is 12.4. The third-order valence-corrected chi connectivity index (χ3v) is 6.23. The van der Waals surface area contributed by atoms with Crippen molar-refractivity contribution in [2.75, 3.05) is 23.3 Å². The number of thiophene rings is 1. The highest BCUT2D eigenvalue weighted by molar-refractivity contribution is 7.14. The van der Waals surface area contributed by atoms with Gasteiger partial charge in [-0.1, -0.05) is 6.07 Å². The van der Waals surface area contributed by atoms with Crippen LogP contribution in [0.15, 0.2) is 35.0 Å². The summed E-state index contributed by atoms with van der Waals surface area (Å²) in [6.45, 7) is 3.54. The predicted octanol–water partition coefficient (Wildman–Crippen LogP) is 3.83. The second kappa shape index (κ2) is 7.51. The van der Waals surface area contributed by atoms with Gasteiger partial charge in [-0.2, -0.15) is 0 Å². The molecule has 0 aromatic carbocycles. The largest absolute Gasteiger partial charge is 0.355 e. The maximum Gasteiger partial charge on any atom is 0.229 e. The van der Waals surface area contributed by atoms with E-state index < -0.39 is 0 Å². The Bertz CT molecular complexity index is 867. The van der Waals surface area contributed by atoms with Crippen LogP contribution in [0, 0.1) is 12.8 Å². The highest BCUT2D eigenvalue weighted by Gasteiger charge is 2.26. The molecule has 1 saturated heterocycles. The fourth-order valence-electron chi connectivity index (χ4n) is 3.04. The summed E-state index contributed by atoms with van der Waals surface area (Å²) < 4.78 is 0. The smallest absolute Gasteiger partial charge is 0.229 e. The van der Waals surface area contributed by atoms with Crippen LogP contribution in [0.5, 0.6) is 0 Å². The molecule has 0 aliphatic carbocycles. The van der Waals surface area contributed by atoms with Gasteiger partial charge >= 0.3 is 0 Å². The first-order chi connectivity index (χ1) is 12.7. The van der Waals surface area contributed by atoms with Crippen molar-refractivity contribution in [2.45, 2.75) is 19.8 Å². The lowest BCUT2D eigenvalue weighted by Gasteiger charge is -2.31. The molecule has 4 heterocycles. The number of hydrogen-bond donors (Lipinski definition) is 1. The number of nitrogens with zero attached hydrogens (tertiary/aromatic N) is 4. The molecule has 0 atom stereocenters. The van der Waals surface area contributed by atoms with Gasteiger partial charge in [0.15, 0.2) is 10.9 Å². The molecule has 0 radical (unpaired) electrons. The van der Waals surface area contributed by atoms with Gasteiger partial charge in [0.1, 0.15) is 5.69 Å². The predicted molar refractivity (Wildman–Crippen MR) is 106 cm³/mol. The van der Waals surface area contributed by atoms with Crippen LogP contribution in [0.3, 0.4) is 0 Å². The summed E-state index contributed by atoms with van der Waals surface area (Å²) in [5.74, 6) is 0.964. The molecule has 8 heteroatoms. The van der Waals surface area contributed by atoms with Gasteiger partial charge < -0.3 is 10.2 Å². The minimum atomic E-state index is 0.0220. The van der Waals surface area contributed by atoms with Gasteiger partial charge in [0.25, 0.3) is 0 Å². The number of carbonyl (C=O) groups is 1. The quantitative estimate of drug-likeness (QED) is 0.739. The van der Waals surface area contributed by atoms with Gasteiger partial charge in [0.05, 0.1) is 10.6 Å². The summed E-state index contributed by atoms with van der Waals surface area (Å²) in [6, 6.07) is 8.08. The number of carbonyl (C=O) groups excluding carboxylic acids is 1. The first-order valence-electron chi connectivity index (χ1n) is 8.54. The van der Waals surface area contributed by atoms with Crippen LogP contribution in [-0.4, -0.2) is 34.2 Å². The number of anilines is 2. The molecule has 1 amide bonds. The lowest BCUT2D eigenvalue weighted by Crippen LogP contribution is -2.38. The van der Waals surface area contributed by atoms with Crippen molar-refractivity contribution in [3.63, 3.8) is 0 Å². The van der Waals surface area contributed by atoms with Crippen LogP contribution in [0.25, 0.3) is 10.6 Å². The summed E-state index contributed by atoms with van der Waals surface area (Å²) in [5.41, 5.74) is 1.83. The lowest BCUT2D eigenvalue weighted by atomic mass is 9.96. The Labute approximate surface area is 159 Å². The first-order valence-corrected chi connectivity index (χ1v) is 10.3. The Morgan fingerprint density at radius 2 is 2.04 bits per heavy atom. The maximum atomic E-state index is 12.4. The molecule has 6 nitrogen and oxygen atoms in total. The van der Waals surface area contributed by atoms with Crippen molar-refractivity contribution in [1.82, 2.24) is 15.2 Å². The monoisotopic (exact) mass is 385 g/mol. The van der Waals surface area contributed by atoms with Gasteiger partial charge in [-0.15, -0.1) is 32.9 Å². The van der Waals surface area contributed by atoms with Crippen molar-refractivity contribution < 1.29 is 4.79 Å². The minimum Gasteiger partial charge on any atom is -0.355 e. The molecular formula is C18H19N5OS2. The number of thiazole rings is 1. The van der Waals surface area contributed by atoms with Crippen molar-refractivity contribution in [2.24, 2.45) is 5.92 Å². The number of piperidine rings is 1.